The fourth-order valence-electron chi connectivity index (χ4n) is 4.49. The molecular formula is C32H37NO17. The van der Waals surface area contributed by atoms with Crippen molar-refractivity contribution in [1.82, 2.24) is 5.32 Å². The Kier molecular flexibility index (Phi) is 14.9. The second-order valence-electron chi connectivity index (χ2n) is 10.3. The number of aliphatic carboxylic acids is 1. The van der Waals surface area contributed by atoms with E-state index in [-0.39, 0.29) is 13.2 Å². The van der Waals surface area contributed by atoms with Gasteiger partial charge in [0.15, 0.2) is 32.8 Å². The lowest BCUT2D eigenvalue weighted by Gasteiger charge is -2.43. The van der Waals surface area contributed by atoms with Crippen LogP contribution in [0.5, 0.6) is 0 Å². The van der Waals surface area contributed by atoms with Crippen LogP contribution in [0.3, 0.4) is 0 Å². The minimum Gasteiger partial charge on any atom is -0.481 e. The molecule has 1 saturated heterocycles. The molecule has 4 atom stereocenters. The van der Waals surface area contributed by atoms with Crippen LogP contribution in [-0.4, -0.2) is 85.5 Å². The Morgan fingerprint density at radius 2 is 1.24 bits per heavy atom. The number of carbonyl (C=O) groups excluding carboxylic acids is 5. The van der Waals surface area contributed by atoms with Gasteiger partial charge in [-0.15, -0.1) is 0 Å². The molecule has 2 N–H and O–H groups in total. The summed E-state index contributed by atoms with van der Waals surface area (Å²) in [5.41, 5.74) is -1.52. The number of carboxylic acid groups (broad SMARTS) is 1. The first-order chi connectivity index (χ1) is 23.9. The van der Waals surface area contributed by atoms with Gasteiger partial charge in [0, 0.05) is 27.2 Å². The Morgan fingerprint density at radius 3 is 1.78 bits per heavy atom. The zero-order valence-electron chi connectivity index (χ0n) is 27.4. The zero-order chi connectivity index (χ0) is 36.6. The molecule has 2 aromatic carbocycles. The fourth-order valence-corrected chi connectivity index (χ4v) is 4.49. The first-order valence-corrected chi connectivity index (χ1v) is 14.9. The second kappa shape index (κ2) is 19.0. The summed E-state index contributed by atoms with van der Waals surface area (Å²) in [6.07, 6.45) is -8.03. The SMILES string of the molecule is CC(=O)OCO[C@H]1O[C@](CCC(=O)O)(NC(=O)OCc2ccccc2)[C@](OCOC(C)=O)(OC(=O)OCc2ccccc2)[C@@H]1OCOC(C)=O. The number of ether oxygens (including phenoxy) is 10. The molecule has 3 rings (SSSR count). The third-order valence-electron chi connectivity index (χ3n) is 6.68. The van der Waals surface area contributed by atoms with E-state index in [1.165, 1.54) is 0 Å². The van der Waals surface area contributed by atoms with Crippen LogP contribution in [0.1, 0.15) is 44.7 Å². The van der Waals surface area contributed by atoms with Crippen LogP contribution in [0.2, 0.25) is 0 Å². The minimum atomic E-state index is -2.88. The monoisotopic (exact) mass is 707 g/mol. The Hall–Kier alpha value is -5.30. The Balaban J connectivity index is 2.13. The van der Waals surface area contributed by atoms with Gasteiger partial charge in [-0.3, -0.25) is 29.2 Å². The maximum atomic E-state index is 13.4. The van der Waals surface area contributed by atoms with E-state index < -0.39 is 93.3 Å². The summed E-state index contributed by atoms with van der Waals surface area (Å²) in [6, 6.07) is 16.9. The zero-order valence-corrected chi connectivity index (χ0v) is 27.4. The molecule has 1 fully saturated rings. The summed E-state index contributed by atoms with van der Waals surface area (Å²) < 4.78 is 54.3. The van der Waals surface area contributed by atoms with Crippen molar-refractivity contribution in [2.75, 3.05) is 20.4 Å². The largest absolute Gasteiger partial charge is 0.511 e. The van der Waals surface area contributed by atoms with Crippen molar-refractivity contribution in [3.05, 3.63) is 71.8 Å². The highest BCUT2D eigenvalue weighted by Crippen LogP contribution is 2.47. The Labute approximate surface area is 285 Å². The molecule has 50 heavy (non-hydrogen) atoms. The first kappa shape index (κ1) is 39.1. The molecule has 0 aromatic heterocycles. The molecule has 2 aromatic rings. The lowest BCUT2D eigenvalue weighted by Crippen LogP contribution is -2.69. The number of carbonyl (C=O) groups is 6. The van der Waals surface area contributed by atoms with E-state index in [1.807, 2.05) is 0 Å². The molecule has 0 saturated carbocycles. The summed E-state index contributed by atoms with van der Waals surface area (Å²) in [5.74, 6) is -6.74. The van der Waals surface area contributed by atoms with Crippen LogP contribution in [-0.2, 0) is 79.8 Å². The highest BCUT2D eigenvalue weighted by atomic mass is 16.9. The standard InChI is InChI=1S/C32H37NO17/c1-21(34)43-18-46-27-28(47-19-44-22(2)35)49-31(15-14-26(37)38,33-29(39)41-16-24-10-6-4-7-11-24)32(27,48-20-45-23(3)36)50-30(40)42-17-25-12-8-5-9-13-25/h4-13,27-28H,14-20H2,1-3H3,(H,33,39)(H,37,38)/t27-,28+,31+,32-/m1/s1. The van der Waals surface area contributed by atoms with Gasteiger partial charge in [-0.25, -0.2) is 9.59 Å². The van der Waals surface area contributed by atoms with Crippen LogP contribution in [0.4, 0.5) is 9.59 Å². The predicted molar refractivity (Wildman–Crippen MR) is 162 cm³/mol. The average molecular weight is 708 g/mol. The van der Waals surface area contributed by atoms with Crippen LogP contribution >= 0.6 is 0 Å². The summed E-state index contributed by atoms with van der Waals surface area (Å²) in [6.45, 7) is -0.121. The first-order valence-electron chi connectivity index (χ1n) is 14.9. The quantitative estimate of drug-likeness (QED) is 0.129. The molecule has 1 aliphatic rings. The van der Waals surface area contributed by atoms with Crippen molar-refractivity contribution < 1.29 is 81.2 Å². The third kappa shape index (κ3) is 11.7. The fraction of sp³-hybridized carbons (Fsp3) is 0.438. The highest BCUT2D eigenvalue weighted by molar-refractivity contribution is 5.70. The number of benzene rings is 2. The summed E-state index contributed by atoms with van der Waals surface area (Å²) >= 11 is 0. The van der Waals surface area contributed by atoms with Crippen molar-refractivity contribution in [1.29, 1.82) is 0 Å². The molecule has 1 heterocycles. The molecule has 18 nitrogen and oxygen atoms in total. The average Bonchev–Trinajstić information content (AvgIpc) is 3.29. The lowest BCUT2D eigenvalue weighted by atomic mass is 9.94. The molecule has 0 unspecified atom stereocenters. The smallest absolute Gasteiger partial charge is 0.481 e. The van der Waals surface area contributed by atoms with Gasteiger partial charge in [0.1, 0.15) is 13.2 Å². The maximum absolute atomic E-state index is 13.4. The van der Waals surface area contributed by atoms with Crippen LogP contribution in [0, 0.1) is 0 Å². The molecule has 0 bridgehead atoms. The maximum Gasteiger partial charge on any atom is 0.511 e. The van der Waals surface area contributed by atoms with E-state index in [9.17, 15) is 33.9 Å². The number of hydrogen-bond acceptors (Lipinski definition) is 16. The number of nitrogens with one attached hydrogen (secondary N) is 1. The second-order valence-corrected chi connectivity index (χ2v) is 10.3. The van der Waals surface area contributed by atoms with Gasteiger partial charge in [0.05, 0.1) is 6.42 Å². The van der Waals surface area contributed by atoms with E-state index in [0.29, 0.717) is 11.1 Å². The van der Waals surface area contributed by atoms with E-state index >= 15 is 0 Å². The molecule has 18 heteroatoms. The number of amides is 1. The van der Waals surface area contributed by atoms with Gasteiger partial charge >= 0.3 is 36.1 Å². The molecule has 1 amide bonds. The third-order valence-corrected chi connectivity index (χ3v) is 6.68. The van der Waals surface area contributed by atoms with Crippen LogP contribution in [0.25, 0.3) is 0 Å². The molecular weight excluding hydrogens is 670 g/mol. The molecule has 272 valence electrons. The normalized spacial score (nSPS) is 20.9. The van der Waals surface area contributed by atoms with E-state index in [2.05, 4.69) is 5.32 Å². The highest BCUT2D eigenvalue weighted by Gasteiger charge is 2.73. The van der Waals surface area contributed by atoms with Crippen LogP contribution in [0.15, 0.2) is 60.7 Å². The number of alkyl carbamates (subject to hydrolysis) is 1. The van der Waals surface area contributed by atoms with Gasteiger partial charge in [-0.05, 0) is 11.1 Å². The van der Waals surface area contributed by atoms with E-state index in [0.717, 1.165) is 20.8 Å². The molecule has 0 aliphatic carbocycles. The predicted octanol–water partition coefficient (Wildman–Crippen LogP) is 2.86. The Bertz CT molecular complexity index is 1460. The number of rotatable bonds is 18. The summed E-state index contributed by atoms with van der Waals surface area (Å²) in [7, 11) is 0. The van der Waals surface area contributed by atoms with Gasteiger partial charge in [0.25, 0.3) is 5.79 Å². The molecule has 0 radical (unpaired) electrons. The van der Waals surface area contributed by atoms with Crippen molar-refractivity contribution in [3.8, 4) is 0 Å². The summed E-state index contributed by atoms with van der Waals surface area (Å²) in [4.78, 5) is 73.7. The van der Waals surface area contributed by atoms with Crippen molar-refractivity contribution in [2.24, 2.45) is 0 Å². The number of esters is 3. The van der Waals surface area contributed by atoms with Gasteiger partial charge in [-0.1, -0.05) is 60.7 Å². The van der Waals surface area contributed by atoms with E-state index in [1.54, 1.807) is 60.7 Å². The Morgan fingerprint density at radius 1 is 0.720 bits per heavy atom. The topological polar surface area (TPSA) is 227 Å². The van der Waals surface area contributed by atoms with Gasteiger partial charge < -0.3 is 47.7 Å². The van der Waals surface area contributed by atoms with Crippen molar-refractivity contribution in [3.63, 3.8) is 0 Å². The lowest BCUT2D eigenvalue weighted by molar-refractivity contribution is -0.333. The van der Waals surface area contributed by atoms with Gasteiger partial charge in [0.2, 0.25) is 5.72 Å². The number of hydrogen-bond donors (Lipinski definition) is 2. The molecule has 0 spiro atoms. The van der Waals surface area contributed by atoms with Crippen molar-refractivity contribution >= 4 is 36.1 Å². The van der Waals surface area contributed by atoms with E-state index in [4.69, 9.17) is 47.4 Å². The molecule has 1 aliphatic heterocycles. The van der Waals surface area contributed by atoms with Crippen molar-refractivity contribution in [2.45, 2.75) is 70.7 Å². The summed E-state index contributed by atoms with van der Waals surface area (Å²) in [5, 5.41) is 12.1. The van der Waals surface area contributed by atoms with Crippen LogP contribution < -0.4 is 5.32 Å². The number of carboxylic acids is 1. The van der Waals surface area contributed by atoms with Gasteiger partial charge in [-0.2, -0.15) is 0 Å². The minimum absolute atomic E-state index is 0.276.